The van der Waals surface area contributed by atoms with Crippen LogP contribution in [-0.2, 0) is 28.5 Å². The molecule has 0 aliphatic rings. The number of ether oxygens (including phenoxy) is 4. The van der Waals surface area contributed by atoms with E-state index in [1.807, 2.05) is 55.4 Å². The summed E-state index contributed by atoms with van der Waals surface area (Å²) in [5, 5.41) is 0. The molecule has 0 aliphatic heterocycles. The van der Waals surface area contributed by atoms with Gasteiger partial charge in [-0.3, -0.25) is 9.59 Å². The fraction of sp³-hybridized carbons (Fsp3) is 0.889. The van der Waals surface area contributed by atoms with E-state index in [2.05, 4.69) is 0 Å². The van der Waals surface area contributed by atoms with Gasteiger partial charge in [-0.2, -0.15) is 0 Å². The summed E-state index contributed by atoms with van der Waals surface area (Å²) in [5.41, 5.74) is -2.15. The smallest absolute Gasteiger partial charge is 0.303 e. The minimum Gasteiger partial charge on any atom is -0.457 e. The third-order valence-corrected chi connectivity index (χ3v) is 4.72. The lowest BCUT2D eigenvalue weighted by atomic mass is 9.89. The Kier molecular flexibility index (Phi) is 9.21. The Bertz CT molecular complexity index is 381. The second kappa shape index (κ2) is 8.81. The number of carbonyl (C=O) groups is 2. The summed E-state index contributed by atoms with van der Waals surface area (Å²) in [6.07, 6.45) is 0. The van der Waals surface area contributed by atoms with Crippen molar-refractivity contribution in [1.29, 1.82) is 0 Å². The molecule has 0 aromatic heterocycles. The Hall–Kier alpha value is -1.14. The van der Waals surface area contributed by atoms with E-state index in [1.54, 1.807) is 14.2 Å². The van der Waals surface area contributed by atoms with Gasteiger partial charge in [-0.15, -0.1) is 0 Å². The van der Waals surface area contributed by atoms with Crippen molar-refractivity contribution in [2.24, 2.45) is 0 Å². The van der Waals surface area contributed by atoms with Crippen molar-refractivity contribution in [1.82, 2.24) is 0 Å². The molecular weight excluding hydrogens is 312 g/mol. The van der Waals surface area contributed by atoms with E-state index >= 15 is 0 Å². The SMILES string of the molecule is COC(C)(C)C(C)(C)OC(C)=O.COC(C)(C)C(C)(C)OC(C)=O. The van der Waals surface area contributed by atoms with Crippen molar-refractivity contribution in [3.05, 3.63) is 0 Å². The minimum absolute atomic E-state index is 0.287. The van der Waals surface area contributed by atoms with E-state index in [0.29, 0.717) is 0 Å². The molecule has 0 amide bonds. The van der Waals surface area contributed by atoms with Gasteiger partial charge in [-0.25, -0.2) is 0 Å². The van der Waals surface area contributed by atoms with Gasteiger partial charge in [-0.05, 0) is 55.4 Å². The standard InChI is InChI=1S/2C9H18O3/c2*1-7(10)12-9(4,5)8(2,3)11-6/h2*1-6H3. The number of hydrogen-bond acceptors (Lipinski definition) is 6. The summed E-state index contributed by atoms with van der Waals surface area (Å²) in [6.45, 7) is 17.7. The van der Waals surface area contributed by atoms with Gasteiger partial charge in [0.15, 0.2) is 0 Å². The van der Waals surface area contributed by atoms with Crippen LogP contribution in [0.3, 0.4) is 0 Å². The predicted molar refractivity (Wildman–Crippen MR) is 93.9 cm³/mol. The lowest BCUT2D eigenvalue weighted by Gasteiger charge is -2.39. The molecule has 6 nitrogen and oxygen atoms in total. The quantitative estimate of drug-likeness (QED) is 0.684. The van der Waals surface area contributed by atoms with Crippen LogP contribution >= 0.6 is 0 Å². The van der Waals surface area contributed by atoms with Crippen molar-refractivity contribution in [2.45, 2.75) is 91.6 Å². The Morgan fingerprint density at radius 2 is 0.750 bits per heavy atom. The monoisotopic (exact) mass is 348 g/mol. The largest absolute Gasteiger partial charge is 0.457 e. The van der Waals surface area contributed by atoms with Crippen LogP contribution in [0.15, 0.2) is 0 Å². The molecule has 0 saturated carbocycles. The summed E-state index contributed by atoms with van der Waals surface area (Å²) >= 11 is 0. The van der Waals surface area contributed by atoms with Gasteiger partial charge >= 0.3 is 11.9 Å². The molecule has 0 heterocycles. The maximum atomic E-state index is 10.7. The van der Waals surface area contributed by atoms with Gasteiger partial charge < -0.3 is 18.9 Å². The third-order valence-electron chi connectivity index (χ3n) is 4.72. The fourth-order valence-electron chi connectivity index (χ4n) is 1.46. The van der Waals surface area contributed by atoms with Crippen molar-refractivity contribution in [3.8, 4) is 0 Å². The van der Waals surface area contributed by atoms with E-state index in [0.717, 1.165) is 0 Å². The average Bonchev–Trinajstić information content (AvgIpc) is 2.36. The molecule has 0 aromatic carbocycles. The Morgan fingerprint density at radius 3 is 0.875 bits per heavy atom. The van der Waals surface area contributed by atoms with E-state index in [-0.39, 0.29) is 11.9 Å². The Morgan fingerprint density at radius 1 is 0.542 bits per heavy atom. The van der Waals surface area contributed by atoms with Gasteiger partial charge in [0.2, 0.25) is 0 Å². The number of carbonyl (C=O) groups excluding carboxylic acids is 2. The zero-order valence-electron chi connectivity index (χ0n) is 17.4. The summed E-state index contributed by atoms with van der Waals surface area (Å²) < 4.78 is 20.7. The van der Waals surface area contributed by atoms with Gasteiger partial charge in [0.05, 0.1) is 0 Å². The molecule has 0 fully saturated rings. The highest BCUT2D eigenvalue weighted by atomic mass is 16.6. The molecule has 0 spiro atoms. The second-order valence-corrected chi connectivity index (χ2v) is 7.64. The highest BCUT2D eigenvalue weighted by molar-refractivity contribution is 5.67. The molecular formula is C18H36O6. The first kappa shape index (κ1) is 25.1. The molecule has 0 N–H and O–H groups in total. The van der Waals surface area contributed by atoms with Gasteiger partial charge in [0.1, 0.15) is 22.4 Å². The van der Waals surface area contributed by atoms with Crippen LogP contribution in [0.5, 0.6) is 0 Å². The zero-order chi connectivity index (χ0) is 20.0. The fourth-order valence-corrected chi connectivity index (χ4v) is 1.46. The minimum atomic E-state index is -0.604. The lowest BCUT2D eigenvalue weighted by Crippen LogP contribution is -2.49. The molecule has 24 heavy (non-hydrogen) atoms. The van der Waals surface area contributed by atoms with E-state index in [4.69, 9.17) is 18.9 Å². The van der Waals surface area contributed by atoms with Crippen LogP contribution in [0.25, 0.3) is 0 Å². The molecule has 144 valence electrons. The molecule has 0 atom stereocenters. The molecule has 0 aliphatic carbocycles. The predicted octanol–water partition coefficient (Wildman–Crippen LogP) is 3.51. The lowest BCUT2D eigenvalue weighted by molar-refractivity contribution is -0.184. The molecule has 0 rings (SSSR count). The summed E-state index contributed by atoms with van der Waals surface area (Å²) in [6, 6.07) is 0. The van der Waals surface area contributed by atoms with Crippen molar-refractivity contribution in [2.75, 3.05) is 14.2 Å². The third kappa shape index (κ3) is 7.62. The molecule has 0 radical (unpaired) electrons. The highest BCUT2D eigenvalue weighted by Crippen LogP contribution is 2.29. The molecule has 0 aromatic rings. The summed E-state index contributed by atoms with van der Waals surface area (Å²) in [5.74, 6) is -0.574. The van der Waals surface area contributed by atoms with Crippen LogP contribution in [0.4, 0.5) is 0 Å². The Balaban J connectivity index is 0. The Labute approximate surface area is 147 Å². The summed E-state index contributed by atoms with van der Waals surface area (Å²) in [7, 11) is 3.20. The van der Waals surface area contributed by atoms with Gasteiger partial charge in [-0.1, -0.05) is 0 Å². The van der Waals surface area contributed by atoms with Crippen molar-refractivity contribution >= 4 is 11.9 Å². The average molecular weight is 348 g/mol. The van der Waals surface area contributed by atoms with Crippen LogP contribution in [0, 0.1) is 0 Å². The number of hydrogen-bond donors (Lipinski definition) is 0. The van der Waals surface area contributed by atoms with Crippen LogP contribution in [0.2, 0.25) is 0 Å². The maximum absolute atomic E-state index is 10.7. The number of methoxy groups -OCH3 is 2. The van der Waals surface area contributed by atoms with Crippen LogP contribution in [-0.4, -0.2) is 48.6 Å². The maximum Gasteiger partial charge on any atom is 0.303 e. The van der Waals surface area contributed by atoms with Crippen LogP contribution in [0.1, 0.15) is 69.2 Å². The van der Waals surface area contributed by atoms with Crippen LogP contribution < -0.4 is 0 Å². The molecule has 6 heteroatoms. The molecule has 0 saturated heterocycles. The van der Waals surface area contributed by atoms with Gasteiger partial charge in [0.25, 0.3) is 0 Å². The second-order valence-electron chi connectivity index (χ2n) is 7.64. The van der Waals surface area contributed by atoms with E-state index in [1.165, 1.54) is 13.8 Å². The summed E-state index contributed by atoms with van der Waals surface area (Å²) in [4.78, 5) is 21.5. The van der Waals surface area contributed by atoms with Crippen molar-refractivity contribution in [3.63, 3.8) is 0 Å². The zero-order valence-corrected chi connectivity index (χ0v) is 17.4. The topological polar surface area (TPSA) is 71.1 Å². The number of rotatable bonds is 6. The van der Waals surface area contributed by atoms with E-state index < -0.39 is 22.4 Å². The highest BCUT2D eigenvalue weighted by Gasteiger charge is 2.40. The first-order valence-corrected chi connectivity index (χ1v) is 7.95. The first-order chi connectivity index (χ1) is 10.5. The number of esters is 2. The van der Waals surface area contributed by atoms with Crippen molar-refractivity contribution < 1.29 is 28.5 Å². The molecule has 0 bridgehead atoms. The molecule has 0 unspecified atom stereocenters. The van der Waals surface area contributed by atoms with Gasteiger partial charge in [0, 0.05) is 28.1 Å². The normalized spacial score (nSPS) is 12.8. The van der Waals surface area contributed by atoms with E-state index in [9.17, 15) is 9.59 Å². The first-order valence-electron chi connectivity index (χ1n) is 7.95.